The maximum atomic E-state index is 6.29. The summed E-state index contributed by atoms with van der Waals surface area (Å²) in [6, 6.07) is 18.5. The van der Waals surface area contributed by atoms with Crippen molar-refractivity contribution < 1.29 is 4.52 Å². The van der Waals surface area contributed by atoms with Gasteiger partial charge in [0.2, 0.25) is 0 Å². The second kappa shape index (κ2) is 5.63. The first-order valence-corrected chi connectivity index (χ1v) is 8.00. The first-order valence-electron chi connectivity index (χ1n) is 8.00. The predicted octanol–water partition coefficient (Wildman–Crippen LogP) is 3.67. The van der Waals surface area contributed by atoms with Crippen molar-refractivity contribution in [3.8, 4) is 11.5 Å². The van der Waals surface area contributed by atoms with Crippen LogP contribution in [0.2, 0.25) is 0 Å². The average Bonchev–Trinajstić information content (AvgIpc) is 3.04. The van der Waals surface area contributed by atoms with Gasteiger partial charge in [0.25, 0.3) is 5.89 Å². The maximum absolute atomic E-state index is 6.29. The molecule has 4 nitrogen and oxygen atoms in total. The van der Waals surface area contributed by atoms with Crippen LogP contribution in [0.5, 0.6) is 0 Å². The van der Waals surface area contributed by atoms with Crippen molar-refractivity contribution >= 4 is 0 Å². The fraction of sp³-hybridized carbons (Fsp3) is 0.263. The summed E-state index contributed by atoms with van der Waals surface area (Å²) in [6.07, 6.45) is 3.82. The Labute approximate surface area is 135 Å². The highest BCUT2D eigenvalue weighted by Gasteiger charge is 2.39. The third-order valence-electron chi connectivity index (χ3n) is 4.60. The fourth-order valence-electron chi connectivity index (χ4n) is 3.02. The molecule has 1 aliphatic rings. The zero-order valence-corrected chi connectivity index (χ0v) is 12.9. The van der Waals surface area contributed by atoms with Crippen LogP contribution in [0.25, 0.3) is 11.5 Å². The molecule has 23 heavy (non-hydrogen) atoms. The van der Waals surface area contributed by atoms with Gasteiger partial charge in [-0.15, -0.1) is 0 Å². The second-order valence-electron chi connectivity index (χ2n) is 6.25. The van der Waals surface area contributed by atoms with Gasteiger partial charge in [0, 0.05) is 5.56 Å². The molecular formula is C19H19N3O. The lowest BCUT2D eigenvalue weighted by Gasteiger charge is -2.34. The largest absolute Gasteiger partial charge is 0.334 e. The van der Waals surface area contributed by atoms with Gasteiger partial charge in [-0.3, -0.25) is 0 Å². The molecule has 0 spiro atoms. The molecule has 0 saturated heterocycles. The normalized spacial score (nSPS) is 16.0. The van der Waals surface area contributed by atoms with E-state index in [2.05, 4.69) is 40.5 Å². The van der Waals surface area contributed by atoms with E-state index in [4.69, 9.17) is 10.3 Å². The van der Waals surface area contributed by atoms with Gasteiger partial charge in [-0.2, -0.15) is 4.98 Å². The molecule has 1 saturated carbocycles. The molecule has 3 aromatic rings. The smallest absolute Gasteiger partial charge is 0.258 e. The Balaban J connectivity index is 1.67. The molecule has 4 rings (SSSR count). The Kier molecular flexibility index (Phi) is 3.46. The van der Waals surface area contributed by atoms with Gasteiger partial charge < -0.3 is 10.3 Å². The number of nitrogens with zero attached hydrogens (tertiary/aromatic N) is 2. The number of hydrogen-bond donors (Lipinski definition) is 1. The standard InChI is InChI=1S/C19H19N3O/c20-19(11-6-12-19)18-21-17(23-22-18)16-10-5-4-9-15(16)13-14-7-2-1-3-8-14/h1-5,7-10H,6,11-13,20H2. The molecule has 0 bridgehead atoms. The molecule has 0 aliphatic heterocycles. The number of benzene rings is 2. The minimum absolute atomic E-state index is 0.393. The summed E-state index contributed by atoms with van der Waals surface area (Å²) >= 11 is 0. The van der Waals surface area contributed by atoms with E-state index in [9.17, 15) is 0 Å². The van der Waals surface area contributed by atoms with Gasteiger partial charge in [0.05, 0.1) is 5.54 Å². The van der Waals surface area contributed by atoms with E-state index in [1.807, 2.05) is 24.3 Å². The van der Waals surface area contributed by atoms with Crippen LogP contribution in [0.4, 0.5) is 0 Å². The molecular weight excluding hydrogens is 286 g/mol. The van der Waals surface area contributed by atoms with Crippen LogP contribution in [0.3, 0.4) is 0 Å². The fourth-order valence-corrected chi connectivity index (χ4v) is 3.02. The van der Waals surface area contributed by atoms with E-state index in [0.717, 1.165) is 31.2 Å². The van der Waals surface area contributed by atoms with E-state index >= 15 is 0 Å². The molecule has 116 valence electrons. The van der Waals surface area contributed by atoms with Crippen LogP contribution in [0.1, 0.15) is 36.2 Å². The average molecular weight is 305 g/mol. The number of hydrogen-bond acceptors (Lipinski definition) is 4. The maximum Gasteiger partial charge on any atom is 0.258 e. The van der Waals surface area contributed by atoms with Crippen molar-refractivity contribution in [2.24, 2.45) is 5.73 Å². The molecule has 0 radical (unpaired) electrons. The van der Waals surface area contributed by atoms with Crippen molar-refractivity contribution in [3.63, 3.8) is 0 Å². The first-order chi connectivity index (χ1) is 11.2. The van der Waals surface area contributed by atoms with Gasteiger partial charge in [-0.1, -0.05) is 53.7 Å². The highest BCUT2D eigenvalue weighted by molar-refractivity contribution is 5.59. The van der Waals surface area contributed by atoms with Crippen LogP contribution in [0.15, 0.2) is 59.1 Å². The quantitative estimate of drug-likeness (QED) is 0.799. The first kappa shape index (κ1) is 14.2. The monoisotopic (exact) mass is 305 g/mol. The summed E-state index contributed by atoms with van der Waals surface area (Å²) < 4.78 is 5.51. The lowest BCUT2D eigenvalue weighted by molar-refractivity contribution is 0.229. The number of rotatable bonds is 4. The summed E-state index contributed by atoms with van der Waals surface area (Å²) in [6.45, 7) is 0. The van der Waals surface area contributed by atoms with Crippen LogP contribution in [0, 0.1) is 0 Å². The third-order valence-corrected chi connectivity index (χ3v) is 4.60. The highest BCUT2D eigenvalue weighted by atomic mass is 16.5. The predicted molar refractivity (Wildman–Crippen MR) is 88.7 cm³/mol. The lowest BCUT2D eigenvalue weighted by atomic mass is 9.77. The Morgan fingerprint density at radius 3 is 2.48 bits per heavy atom. The molecule has 1 heterocycles. The summed E-state index contributed by atoms with van der Waals surface area (Å²) in [7, 11) is 0. The van der Waals surface area contributed by atoms with E-state index in [1.165, 1.54) is 11.1 Å². The summed E-state index contributed by atoms with van der Waals surface area (Å²) in [4.78, 5) is 4.57. The molecule has 1 aromatic heterocycles. The minimum atomic E-state index is -0.393. The summed E-state index contributed by atoms with van der Waals surface area (Å²) in [5.74, 6) is 1.19. The topological polar surface area (TPSA) is 64.9 Å². The van der Waals surface area contributed by atoms with Gasteiger partial charge >= 0.3 is 0 Å². The molecule has 2 N–H and O–H groups in total. The molecule has 0 amide bonds. The van der Waals surface area contributed by atoms with Crippen LogP contribution < -0.4 is 5.73 Å². The van der Waals surface area contributed by atoms with Gasteiger partial charge in [0.1, 0.15) is 0 Å². The van der Waals surface area contributed by atoms with E-state index < -0.39 is 5.54 Å². The van der Waals surface area contributed by atoms with Gasteiger partial charge in [-0.25, -0.2) is 0 Å². The van der Waals surface area contributed by atoms with Crippen LogP contribution in [-0.2, 0) is 12.0 Å². The third kappa shape index (κ3) is 2.66. The number of nitrogens with two attached hydrogens (primary N) is 1. The van der Waals surface area contributed by atoms with Crippen LogP contribution >= 0.6 is 0 Å². The van der Waals surface area contributed by atoms with Gasteiger partial charge in [0.15, 0.2) is 5.82 Å². The number of aromatic nitrogens is 2. The van der Waals surface area contributed by atoms with Crippen molar-refractivity contribution in [1.82, 2.24) is 10.1 Å². The zero-order chi connectivity index (χ0) is 15.7. The van der Waals surface area contributed by atoms with Crippen LogP contribution in [-0.4, -0.2) is 10.1 Å². The highest BCUT2D eigenvalue weighted by Crippen LogP contribution is 2.38. The SMILES string of the molecule is NC1(c2noc(-c3ccccc3Cc3ccccc3)n2)CCC1. The van der Waals surface area contributed by atoms with Crippen molar-refractivity contribution in [2.75, 3.05) is 0 Å². The molecule has 1 aliphatic carbocycles. The Morgan fingerprint density at radius 2 is 1.74 bits per heavy atom. The molecule has 0 unspecified atom stereocenters. The molecule has 4 heteroatoms. The van der Waals surface area contributed by atoms with E-state index in [-0.39, 0.29) is 0 Å². The van der Waals surface area contributed by atoms with Gasteiger partial charge in [-0.05, 0) is 42.9 Å². The van der Waals surface area contributed by atoms with E-state index in [0.29, 0.717) is 11.7 Å². The second-order valence-corrected chi connectivity index (χ2v) is 6.25. The Morgan fingerprint density at radius 1 is 1.00 bits per heavy atom. The van der Waals surface area contributed by atoms with Crippen molar-refractivity contribution in [2.45, 2.75) is 31.2 Å². The molecule has 1 fully saturated rings. The van der Waals surface area contributed by atoms with Crippen molar-refractivity contribution in [3.05, 3.63) is 71.5 Å². The summed E-state index contributed by atoms with van der Waals surface area (Å²) in [5, 5.41) is 4.12. The minimum Gasteiger partial charge on any atom is -0.334 e. The Bertz CT molecular complexity index is 806. The van der Waals surface area contributed by atoms with E-state index in [1.54, 1.807) is 0 Å². The lowest BCUT2D eigenvalue weighted by Crippen LogP contribution is -2.44. The molecule has 0 atom stereocenters. The zero-order valence-electron chi connectivity index (χ0n) is 12.9. The van der Waals surface area contributed by atoms with Crippen molar-refractivity contribution in [1.29, 1.82) is 0 Å². The Hall–Kier alpha value is -2.46. The molecule has 2 aromatic carbocycles. The summed E-state index contributed by atoms with van der Waals surface area (Å²) in [5.41, 5.74) is 9.32.